The van der Waals surface area contributed by atoms with Gasteiger partial charge < -0.3 is 19.2 Å². The Bertz CT molecular complexity index is 880. The summed E-state index contributed by atoms with van der Waals surface area (Å²) in [6.07, 6.45) is -0.402. The Morgan fingerprint density at radius 3 is 2.38 bits per heavy atom. The molecule has 0 radical (unpaired) electrons. The normalized spacial score (nSPS) is 11.9. The number of amides is 1. The van der Waals surface area contributed by atoms with Gasteiger partial charge in [-0.1, -0.05) is 18.2 Å². The molecule has 6 nitrogen and oxygen atoms in total. The predicted octanol–water partition coefficient (Wildman–Crippen LogP) is 3.34. The minimum atomic E-state index is -0.443. The second kappa shape index (κ2) is 7.84. The number of methoxy groups -OCH3 is 2. The van der Waals surface area contributed by atoms with Crippen molar-refractivity contribution < 1.29 is 23.5 Å². The van der Waals surface area contributed by atoms with Gasteiger partial charge in [-0.05, 0) is 36.4 Å². The molecular weight excluding hydrogens is 334 g/mol. The van der Waals surface area contributed by atoms with Gasteiger partial charge in [0.25, 0.3) is 5.91 Å². The molecule has 0 fully saturated rings. The van der Waals surface area contributed by atoms with E-state index in [0.717, 1.165) is 11.0 Å². The van der Waals surface area contributed by atoms with E-state index < -0.39 is 12.1 Å². The molecule has 0 spiro atoms. The van der Waals surface area contributed by atoms with Crippen molar-refractivity contribution in [3.63, 3.8) is 0 Å². The number of nitrogens with one attached hydrogen (secondary N) is 1. The topological polar surface area (TPSA) is 77.8 Å². The molecule has 0 aliphatic rings. The first-order valence-corrected chi connectivity index (χ1v) is 8.10. The minimum absolute atomic E-state index is 0.258. The van der Waals surface area contributed by atoms with Crippen LogP contribution in [-0.2, 0) is 9.47 Å². The maximum Gasteiger partial charge on any atom is 0.337 e. The molecule has 2 aromatic carbocycles. The van der Waals surface area contributed by atoms with Gasteiger partial charge in [0.05, 0.1) is 19.2 Å². The van der Waals surface area contributed by atoms with Crippen LogP contribution in [-0.4, -0.2) is 32.6 Å². The molecule has 0 saturated heterocycles. The maximum absolute atomic E-state index is 12.3. The highest BCUT2D eigenvalue weighted by Gasteiger charge is 2.17. The second-order valence-corrected chi connectivity index (χ2v) is 5.69. The fraction of sp³-hybridized carbons (Fsp3) is 0.200. The number of carbonyl (C=O) groups excluding carboxylic acids is 2. The number of ether oxygens (including phenoxy) is 2. The van der Waals surface area contributed by atoms with Crippen LogP contribution < -0.4 is 5.32 Å². The third-order valence-electron chi connectivity index (χ3n) is 4.06. The number of carbonyl (C=O) groups is 2. The van der Waals surface area contributed by atoms with E-state index >= 15 is 0 Å². The molecule has 0 bridgehead atoms. The van der Waals surface area contributed by atoms with Gasteiger partial charge in [0, 0.05) is 18.1 Å². The molecule has 0 unspecified atom stereocenters. The first-order chi connectivity index (χ1) is 12.6. The van der Waals surface area contributed by atoms with Crippen molar-refractivity contribution in [1.82, 2.24) is 5.32 Å². The smallest absolute Gasteiger partial charge is 0.337 e. The number of para-hydroxylation sites is 1. The fourth-order valence-corrected chi connectivity index (χ4v) is 2.62. The monoisotopic (exact) mass is 353 g/mol. The summed E-state index contributed by atoms with van der Waals surface area (Å²) in [6, 6.07) is 15.8. The van der Waals surface area contributed by atoms with Gasteiger partial charge in [0.2, 0.25) is 0 Å². The average molecular weight is 353 g/mol. The predicted molar refractivity (Wildman–Crippen MR) is 96.1 cm³/mol. The van der Waals surface area contributed by atoms with Gasteiger partial charge >= 0.3 is 5.97 Å². The molecule has 3 rings (SSSR count). The Morgan fingerprint density at radius 2 is 1.73 bits per heavy atom. The number of benzene rings is 2. The second-order valence-electron chi connectivity index (χ2n) is 5.69. The van der Waals surface area contributed by atoms with Crippen LogP contribution in [0.3, 0.4) is 0 Å². The van der Waals surface area contributed by atoms with Gasteiger partial charge in [-0.25, -0.2) is 4.79 Å². The summed E-state index contributed by atoms with van der Waals surface area (Å²) in [5, 5.41) is 3.80. The Balaban J connectivity index is 1.66. The van der Waals surface area contributed by atoms with Crippen LogP contribution in [0.2, 0.25) is 0 Å². The van der Waals surface area contributed by atoms with Crippen LogP contribution in [0.5, 0.6) is 0 Å². The van der Waals surface area contributed by atoms with E-state index in [1.807, 2.05) is 30.3 Å². The number of furan rings is 1. The Morgan fingerprint density at radius 1 is 1.04 bits per heavy atom. The molecule has 26 heavy (non-hydrogen) atoms. The van der Waals surface area contributed by atoms with Gasteiger partial charge in [-0.3, -0.25) is 4.79 Å². The highest BCUT2D eigenvalue weighted by Crippen LogP contribution is 2.25. The van der Waals surface area contributed by atoms with Crippen molar-refractivity contribution in [3.05, 3.63) is 71.5 Å². The molecule has 0 aliphatic heterocycles. The molecule has 6 heteroatoms. The molecule has 1 N–H and O–H groups in total. The van der Waals surface area contributed by atoms with Crippen molar-refractivity contribution in [2.45, 2.75) is 6.10 Å². The number of rotatable bonds is 6. The van der Waals surface area contributed by atoms with Crippen LogP contribution in [0.1, 0.15) is 32.6 Å². The largest absolute Gasteiger partial charge is 0.465 e. The summed E-state index contributed by atoms with van der Waals surface area (Å²) in [5.74, 6) is -0.0593. The highest BCUT2D eigenvalue weighted by molar-refractivity contribution is 5.96. The van der Waals surface area contributed by atoms with Crippen molar-refractivity contribution in [3.8, 4) is 0 Å². The van der Waals surface area contributed by atoms with Gasteiger partial charge in [0.1, 0.15) is 17.4 Å². The third kappa shape index (κ3) is 3.75. The Labute approximate surface area is 150 Å². The molecule has 0 aliphatic carbocycles. The first-order valence-electron chi connectivity index (χ1n) is 8.10. The zero-order chi connectivity index (χ0) is 18.5. The quantitative estimate of drug-likeness (QED) is 0.688. The van der Waals surface area contributed by atoms with Crippen LogP contribution in [0.25, 0.3) is 11.0 Å². The summed E-state index contributed by atoms with van der Waals surface area (Å²) < 4.78 is 15.9. The van der Waals surface area contributed by atoms with Crippen LogP contribution in [0.15, 0.2) is 59.0 Å². The van der Waals surface area contributed by atoms with E-state index in [4.69, 9.17) is 9.15 Å². The third-order valence-corrected chi connectivity index (χ3v) is 4.06. The summed E-state index contributed by atoms with van der Waals surface area (Å²) in [7, 11) is 2.88. The number of fused-ring (bicyclic) bond motifs is 1. The molecule has 1 aromatic heterocycles. The number of hydrogen-bond acceptors (Lipinski definition) is 5. The summed E-state index contributed by atoms with van der Waals surface area (Å²) >= 11 is 0. The SMILES string of the molecule is COC(=O)c1ccc(C(=O)NC[C@@H](OC)c2cc3ccccc3o2)cc1. The minimum Gasteiger partial charge on any atom is -0.465 e. The lowest BCUT2D eigenvalue weighted by atomic mass is 10.1. The maximum atomic E-state index is 12.3. The van der Waals surface area contributed by atoms with Crippen molar-refractivity contribution in [2.24, 2.45) is 0 Å². The molecule has 134 valence electrons. The van der Waals surface area contributed by atoms with Gasteiger partial charge in [-0.2, -0.15) is 0 Å². The van der Waals surface area contributed by atoms with Crippen LogP contribution in [0.4, 0.5) is 0 Å². The molecular formula is C20H19NO5. The van der Waals surface area contributed by atoms with E-state index in [0.29, 0.717) is 16.9 Å². The summed E-state index contributed by atoms with van der Waals surface area (Å²) in [6.45, 7) is 0.258. The zero-order valence-corrected chi connectivity index (χ0v) is 14.5. The first kappa shape index (κ1) is 17.7. The van der Waals surface area contributed by atoms with E-state index in [9.17, 15) is 9.59 Å². The van der Waals surface area contributed by atoms with Gasteiger partial charge in [0.15, 0.2) is 0 Å². The fourth-order valence-electron chi connectivity index (χ4n) is 2.62. The highest BCUT2D eigenvalue weighted by atomic mass is 16.5. The molecule has 1 atom stereocenters. The summed E-state index contributed by atoms with van der Waals surface area (Å²) in [4.78, 5) is 23.7. The zero-order valence-electron chi connectivity index (χ0n) is 14.5. The molecule has 1 heterocycles. The molecule has 1 amide bonds. The average Bonchev–Trinajstić information content (AvgIpc) is 3.11. The van der Waals surface area contributed by atoms with E-state index in [-0.39, 0.29) is 12.5 Å². The number of hydrogen-bond donors (Lipinski definition) is 1. The lowest BCUT2D eigenvalue weighted by Gasteiger charge is -2.14. The van der Waals surface area contributed by atoms with Gasteiger partial charge in [-0.15, -0.1) is 0 Å². The Hall–Kier alpha value is -3.12. The standard InChI is InChI=1S/C20H19NO5/c1-24-18(17-11-15-5-3-4-6-16(15)26-17)12-21-19(22)13-7-9-14(10-8-13)20(23)25-2/h3-11,18H,12H2,1-2H3,(H,21,22)/t18-/m1/s1. The van der Waals surface area contributed by atoms with Crippen LogP contribution >= 0.6 is 0 Å². The van der Waals surface area contributed by atoms with Crippen molar-refractivity contribution in [2.75, 3.05) is 20.8 Å². The molecule has 0 saturated carbocycles. The van der Waals surface area contributed by atoms with E-state index in [1.165, 1.54) is 7.11 Å². The van der Waals surface area contributed by atoms with Crippen LogP contribution in [0, 0.1) is 0 Å². The molecule has 3 aromatic rings. The summed E-state index contributed by atoms with van der Waals surface area (Å²) in [5.41, 5.74) is 1.60. The lowest BCUT2D eigenvalue weighted by molar-refractivity contribution is 0.0600. The number of esters is 1. The van der Waals surface area contributed by atoms with Crippen molar-refractivity contribution >= 4 is 22.8 Å². The van der Waals surface area contributed by atoms with E-state index in [1.54, 1.807) is 31.4 Å². The Kier molecular flexibility index (Phi) is 5.34. The van der Waals surface area contributed by atoms with E-state index in [2.05, 4.69) is 10.1 Å². The van der Waals surface area contributed by atoms with Crippen molar-refractivity contribution in [1.29, 1.82) is 0 Å². The lowest BCUT2D eigenvalue weighted by Crippen LogP contribution is -2.29.